The molecule has 17 heavy (non-hydrogen) atoms. The third kappa shape index (κ3) is 2.40. The molecule has 2 aromatic rings. The highest BCUT2D eigenvalue weighted by atomic mass is 16.5. The standard InChI is InChI=1S/C12H8.C4H10O/c1-2-6-10-9(5-1)11-7-3-4-8-12(10)11;1-3-5-4-2/h1-8H;3-4H2,1-2H3. The van der Waals surface area contributed by atoms with Crippen LogP contribution in [0.1, 0.15) is 13.8 Å². The van der Waals surface area contributed by atoms with Crippen molar-refractivity contribution in [2.45, 2.75) is 13.8 Å². The predicted octanol–water partition coefficient (Wildman–Crippen LogP) is 4.38. The van der Waals surface area contributed by atoms with Gasteiger partial charge in [-0.1, -0.05) is 48.5 Å². The summed E-state index contributed by atoms with van der Waals surface area (Å²) in [6.45, 7) is 5.67. The average molecular weight is 226 g/mol. The fourth-order valence-electron chi connectivity index (χ4n) is 2.05. The van der Waals surface area contributed by atoms with Gasteiger partial charge in [-0.05, 0) is 36.1 Å². The molecule has 0 saturated heterocycles. The maximum Gasteiger partial charge on any atom is 0.0437 e. The predicted molar refractivity (Wildman–Crippen MR) is 73.0 cm³/mol. The molecule has 0 heterocycles. The molecule has 3 rings (SSSR count). The highest BCUT2D eigenvalue weighted by molar-refractivity contribution is 6.02. The number of hydrogen-bond donors (Lipinski definition) is 0. The largest absolute Gasteiger partial charge is 0.382 e. The van der Waals surface area contributed by atoms with E-state index in [2.05, 4.69) is 48.5 Å². The molecule has 0 fully saturated rings. The van der Waals surface area contributed by atoms with Crippen molar-refractivity contribution in [1.82, 2.24) is 0 Å². The smallest absolute Gasteiger partial charge is 0.0437 e. The van der Waals surface area contributed by atoms with Gasteiger partial charge in [0, 0.05) is 13.2 Å². The minimum atomic E-state index is 0.844. The second-order valence-corrected chi connectivity index (χ2v) is 3.87. The van der Waals surface area contributed by atoms with Crippen LogP contribution in [0.2, 0.25) is 0 Å². The van der Waals surface area contributed by atoms with Crippen LogP contribution in [-0.2, 0) is 4.74 Å². The Morgan fingerprint density at radius 1 is 0.647 bits per heavy atom. The van der Waals surface area contributed by atoms with Gasteiger partial charge >= 0.3 is 0 Å². The Hall–Kier alpha value is -1.60. The van der Waals surface area contributed by atoms with Gasteiger partial charge < -0.3 is 4.74 Å². The molecule has 0 radical (unpaired) electrons. The molecule has 0 N–H and O–H groups in total. The van der Waals surface area contributed by atoms with E-state index in [1.165, 1.54) is 22.3 Å². The molecule has 0 unspecified atom stereocenters. The summed E-state index contributed by atoms with van der Waals surface area (Å²) in [5, 5.41) is 0. The van der Waals surface area contributed by atoms with Gasteiger partial charge in [0.1, 0.15) is 0 Å². The van der Waals surface area contributed by atoms with Crippen molar-refractivity contribution in [3.63, 3.8) is 0 Å². The van der Waals surface area contributed by atoms with Crippen LogP contribution in [0.4, 0.5) is 0 Å². The Labute approximate surface area is 103 Å². The van der Waals surface area contributed by atoms with Crippen LogP contribution >= 0.6 is 0 Å². The summed E-state index contributed by atoms with van der Waals surface area (Å²) in [6.07, 6.45) is 0. The van der Waals surface area contributed by atoms with Crippen molar-refractivity contribution < 1.29 is 4.74 Å². The SMILES string of the molecule is CCOCC.c1ccc2c(c1)-c1ccccc1-2. The van der Waals surface area contributed by atoms with E-state index >= 15 is 0 Å². The van der Waals surface area contributed by atoms with Gasteiger partial charge in [-0.25, -0.2) is 0 Å². The summed E-state index contributed by atoms with van der Waals surface area (Å²) in [6, 6.07) is 17.1. The first-order chi connectivity index (χ1) is 8.38. The molecule has 0 aliphatic heterocycles. The lowest BCUT2D eigenvalue weighted by atomic mass is 9.81. The van der Waals surface area contributed by atoms with Crippen molar-refractivity contribution in [3.05, 3.63) is 48.5 Å². The number of hydrogen-bond acceptors (Lipinski definition) is 1. The molecule has 0 spiro atoms. The van der Waals surface area contributed by atoms with Crippen LogP contribution < -0.4 is 0 Å². The molecule has 1 aliphatic carbocycles. The summed E-state index contributed by atoms with van der Waals surface area (Å²) >= 11 is 0. The average Bonchev–Trinajstić information content (AvgIpc) is 2.38. The zero-order valence-corrected chi connectivity index (χ0v) is 10.4. The van der Waals surface area contributed by atoms with Gasteiger partial charge in [-0.15, -0.1) is 0 Å². The van der Waals surface area contributed by atoms with Gasteiger partial charge in [0.25, 0.3) is 0 Å². The number of rotatable bonds is 2. The lowest BCUT2D eigenvalue weighted by Gasteiger charge is -2.22. The Kier molecular flexibility index (Phi) is 3.94. The van der Waals surface area contributed by atoms with E-state index < -0.39 is 0 Å². The van der Waals surface area contributed by atoms with Crippen molar-refractivity contribution in [2.24, 2.45) is 0 Å². The van der Waals surface area contributed by atoms with E-state index in [1.54, 1.807) is 0 Å². The van der Waals surface area contributed by atoms with E-state index in [4.69, 9.17) is 4.74 Å². The third-order valence-electron chi connectivity index (χ3n) is 2.84. The van der Waals surface area contributed by atoms with Crippen LogP contribution in [0.15, 0.2) is 48.5 Å². The zero-order valence-electron chi connectivity index (χ0n) is 10.4. The van der Waals surface area contributed by atoms with Crippen LogP contribution in [0, 0.1) is 0 Å². The lowest BCUT2D eigenvalue weighted by Crippen LogP contribution is -1.96. The van der Waals surface area contributed by atoms with Crippen molar-refractivity contribution in [1.29, 1.82) is 0 Å². The van der Waals surface area contributed by atoms with Gasteiger partial charge in [0.2, 0.25) is 0 Å². The second kappa shape index (κ2) is 5.65. The Bertz CT molecular complexity index is 386. The Balaban J connectivity index is 0.000000188. The van der Waals surface area contributed by atoms with E-state index in [0.29, 0.717) is 0 Å². The molecule has 0 atom stereocenters. The van der Waals surface area contributed by atoms with Crippen LogP contribution in [0.3, 0.4) is 0 Å². The topological polar surface area (TPSA) is 9.23 Å². The molecule has 1 nitrogen and oxygen atoms in total. The van der Waals surface area contributed by atoms with Crippen LogP contribution in [0.25, 0.3) is 22.3 Å². The van der Waals surface area contributed by atoms with Gasteiger partial charge in [-0.3, -0.25) is 0 Å². The second-order valence-electron chi connectivity index (χ2n) is 3.87. The highest BCUT2D eigenvalue weighted by Gasteiger charge is 2.19. The van der Waals surface area contributed by atoms with Gasteiger partial charge in [0.05, 0.1) is 0 Å². The maximum atomic E-state index is 4.83. The minimum absolute atomic E-state index is 0.844. The summed E-state index contributed by atoms with van der Waals surface area (Å²) in [5.74, 6) is 0. The molecule has 0 amide bonds. The van der Waals surface area contributed by atoms with E-state index in [0.717, 1.165) is 13.2 Å². The molecule has 1 heteroatoms. The third-order valence-corrected chi connectivity index (χ3v) is 2.84. The van der Waals surface area contributed by atoms with E-state index in [-0.39, 0.29) is 0 Å². The Morgan fingerprint density at radius 3 is 1.12 bits per heavy atom. The van der Waals surface area contributed by atoms with Gasteiger partial charge in [0.15, 0.2) is 0 Å². The minimum Gasteiger partial charge on any atom is -0.382 e. The monoisotopic (exact) mass is 226 g/mol. The highest BCUT2D eigenvalue weighted by Crippen LogP contribution is 2.46. The quantitative estimate of drug-likeness (QED) is 0.630. The molecule has 1 aliphatic rings. The zero-order chi connectivity index (χ0) is 12.1. The normalized spacial score (nSPS) is 10.5. The van der Waals surface area contributed by atoms with E-state index in [1.807, 2.05) is 13.8 Å². The van der Waals surface area contributed by atoms with Crippen molar-refractivity contribution >= 4 is 0 Å². The molecule has 88 valence electrons. The first kappa shape index (κ1) is 11.9. The molecule has 0 bridgehead atoms. The molecule has 0 saturated carbocycles. The van der Waals surface area contributed by atoms with Gasteiger partial charge in [-0.2, -0.15) is 0 Å². The first-order valence-corrected chi connectivity index (χ1v) is 6.15. The number of ether oxygens (including phenoxy) is 1. The number of fused-ring (bicyclic) bond motifs is 4. The summed E-state index contributed by atoms with van der Waals surface area (Å²) in [5.41, 5.74) is 5.59. The Morgan fingerprint density at radius 2 is 0.941 bits per heavy atom. The lowest BCUT2D eigenvalue weighted by molar-refractivity contribution is 0.162. The summed E-state index contributed by atoms with van der Waals surface area (Å²) in [4.78, 5) is 0. The fourth-order valence-corrected chi connectivity index (χ4v) is 2.05. The molecular weight excluding hydrogens is 208 g/mol. The van der Waals surface area contributed by atoms with Crippen LogP contribution in [-0.4, -0.2) is 13.2 Å². The fraction of sp³-hybridized carbons (Fsp3) is 0.250. The van der Waals surface area contributed by atoms with E-state index in [9.17, 15) is 0 Å². The van der Waals surface area contributed by atoms with Crippen molar-refractivity contribution in [2.75, 3.05) is 13.2 Å². The molecular formula is C16H18O. The maximum absolute atomic E-state index is 4.83. The van der Waals surface area contributed by atoms with Crippen molar-refractivity contribution in [3.8, 4) is 22.3 Å². The first-order valence-electron chi connectivity index (χ1n) is 6.15. The summed E-state index contributed by atoms with van der Waals surface area (Å²) in [7, 11) is 0. The number of benzene rings is 2. The molecule has 0 aromatic heterocycles. The summed E-state index contributed by atoms with van der Waals surface area (Å²) < 4.78 is 4.83. The molecule has 2 aromatic carbocycles. The van der Waals surface area contributed by atoms with Crippen LogP contribution in [0.5, 0.6) is 0 Å².